The number of oxime groups is 1. The lowest BCUT2D eigenvalue weighted by atomic mass is 10.1. The standard InChI is InChI=1S/C21H31N3O7/c1-8-28-19(27)31-23-16(22)15-11-9-14(10-12-15)13-24(17(25)29-20(2,3)4)18(26)30-21(5,6)7/h9-12H,8,13H2,1-7H3,(H2,22,23). The molecule has 0 fully saturated rings. The highest BCUT2D eigenvalue weighted by atomic mass is 16.8. The Labute approximate surface area is 182 Å². The minimum absolute atomic E-state index is 0.0456. The number of nitrogens with two attached hydrogens (primary N) is 1. The summed E-state index contributed by atoms with van der Waals surface area (Å²) in [5.41, 5.74) is 5.29. The van der Waals surface area contributed by atoms with Crippen LogP contribution in [0.5, 0.6) is 0 Å². The Kier molecular flexibility index (Phi) is 8.84. The number of ether oxygens (including phenoxy) is 3. The maximum absolute atomic E-state index is 12.6. The molecule has 31 heavy (non-hydrogen) atoms. The Bertz CT molecular complexity index is 778. The van der Waals surface area contributed by atoms with Gasteiger partial charge in [-0.15, -0.1) is 0 Å². The number of hydrogen-bond acceptors (Lipinski definition) is 8. The van der Waals surface area contributed by atoms with Crippen molar-refractivity contribution in [1.82, 2.24) is 4.90 Å². The summed E-state index contributed by atoms with van der Waals surface area (Å²) in [6.07, 6.45) is -2.61. The monoisotopic (exact) mass is 437 g/mol. The Morgan fingerprint density at radius 2 is 1.42 bits per heavy atom. The maximum Gasteiger partial charge on any atom is 0.535 e. The average Bonchev–Trinajstić information content (AvgIpc) is 2.62. The largest absolute Gasteiger partial charge is 0.535 e. The van der Waals surface area contributed by atoms with Crippen LogP contribution in [0.15, 0.2) is 29.4 Å². The van der Waals surface area contributed by atoms with Gasteiger partial charge in [-0.2, -0.15) is 0 Å². The summed E-state index contributed by atoms with van der Waals surface area (Å²) in [5.74, 6) is -0.0456. The molecule has 0 saturated carbocycles. The lowest BCUT2D eigenvalue weighted by Crippen LogP contribution is -2.43. The third-order valence-corrected chi connectivity index (χ3v) is 3.30. The van der Waals surface area contributed by atoms with Gasteiger partial charge in [0.15, 0.2) is 5.84 Å². The Morgan fingerprint density at radius 3 is 1.84 bits per heavy atom. The van der Waals surface area contributed by atoms with Crippen molar-refractivity contribution in [1.29, 1.82) is 0 Å². The zero-order valence-electron chi connectivity index (χ0n) is 19.1. The van der Waals surface area contributed by atoms with Crippen LogP contribution in [0.1, 0.15) is 59.6 Å². The van der Waals surface area contributed by atoms with E-state index in [4.69, 9.17) is 15.2 Å². The first-order chi connectivity index (χ1) is 14.2. The summed E-state index contributed by atoms with van der Waals surface area (Å²) in [6, 6.07) is 6.49. The van der Waals surface area contributed by atoms with E-state index in [0.29, 0.717) is 11.1 Å². The number of nitrogens with zero attached hydrogens (tertiary/aromatic N) is 2. The van der Waals surface area contributed by atoms with E-state index in [9.17, 15) is 14.4 Å². The van der Waals surface area contributed by atoms with Crippen LogP contribution in [0.3, 0.4) is 0 Å². The quantitative estimate of drug-likeness (QED) is 0.182. The van der Waals surface area contributed by atoms with Gasteiger partial charge in [-0.3, -0.25) is 4.84 Å². The van der Waals surface area contributed by atoms with Crippen LogP contribution in [-0.2, 0) is 25.6 Å². The second-order valence-electron chi connectivity index (χ2n) is 8.49. The highest BCUT2D eigenvalue weighted by molar-refractivity contribution is 5.97. The summed E-state index contributed by atoms with van der Waals surface area (Å²) in [5, 5.41) is 3.50. The normalized spacial score (nSPS) is 12.0. The highest BCUT2D eigenvalue weighted by Crippen LogP contribution is 2.17. The van der Waals surface area contributed by atoms with E-state index in [0.717, 1.165) is 4.90 Å². The molecule has 0 radical (unpaired) electrons. The Morgan fingerprint density at radius 1 is 0.935 bits per heavy atom. The van der Waals surface area contributed by atoms with Crippen LogP contribution in [0.25, 0.3) is 0 Å². The molecule has 1 aromatic carbocycles. The first-order valence-corrected chi connectivity index (χ1v) is 9.72. The predicted molar refractivity (Wildman–Crippen MR) is 113 cm³/mol. The highest BCUT2D eigenvalue weighted by Gasteiger charge is 2.31. The van der Waals surface area contributed by atoms with Crippen molar-refractivity contribution in [3.63, 3.8) is 0 Å². The van der Waals surface area contributed by atoms with Crippen LogP contribution >= 0.6 is 0 Å². The molecular formula is C21H31N3O7. The van der Waals surface area contributed by atoms with Crippen molar-refractivity contribution in [3.05, 3.63) is 35.4 Å². The van der Waals surface area contributed by atoms with Crippen LogP contribution in [-0.4, -0.2) is 46.9 Å². The van der Waals surface area contributed by atoms with Crippen LogP contribution < -0.4 is 5.73 Å². The van der Waals surface area contributed by atoms with Gasteiger partial charge in [0.25, 0.3) is 0 Å². The molecule has 1 rings (SSSR count). The van der Waals surface area contributed by atoms with Gasteiger partial charge < -0.3 is 19.9 Å². The van der Waals surface area contributed by atoms with Crippen molar-refractivity contribution >= 4 is 24.2 Å². The molecule has 0 bridgehead atoms. The molecule has 10 nitrogen and oxygen atoms in total. The molecule has 10 heteroatoms. The van der Waals surface area contributed by atoms with Crippen LogP contribution in [0.4, 0.5) is 14.4 Å². The molecule has 1 aromatic rings. The summed E-state index contributed by atoms with van der Waals surface area (Å²) in [4.78, 5) is 41.7. The molecule has 0 aromatic heterocycles. The van der Waals surface area contributed by atoms with E-state index in [1.165, 1.54) is 0 Å². The molecule has 2 amide bonds. The fourth-order valence-corrected chi connectivity index (χ4v) is 2.08. The number of rotatable bonds is 5. The first-order valence-electron chi connectivity index (χ1n) is 9.72. The Balaban J connectivity index is 2.98. The SMILES string of the molecule is CCOC(=O)ON=C(N)c1ccc(CN(C(=O)OC(C)(C)C)C(=O)OC(C)(C)C)cc1. The Hall–Kier alpha value is -3.30. The number of imide groups is 1. The summed E-state index contributed by atoms with van der Waals surface area (Å²) in [6.45, 7) is 11.9. The molecule has 2 N–H and O–H groups in total. The van der Waals surface area contributed by atoms with E-state index in [1.54, 1.807) is 72.7 Å². The number of carbonyl (C=O) groups is 3. The van der Waals surface area contributed by atoms with Gasteiger partial charge in [-0.25, -0.2) is 19.3 Å². The molecule has 0 heterocycles. The minimum Gasteiger partial charge on any atom is -0.443 e. The third kappa shape index (κ3) is 9.83. The maximum atomic E-state index is 12.6. The number of amidine groups is 1. The zero-order chi connectivity index (χ0) is 23.8. The second kappa shape index (κ2) is 10.6. The molecule has 0 aliphatic rings. The summed E-state index contributed by atoms with van der Waals surface area (Å²) in [7, 11) is 0. The average molecular weight is 437 g/mol. The zero-order valence-corrected chi connectivity index (χ0v) is 19.1. The van der Waals surface area contributed by atoms with Crippen molar-refractivity contribution in [2.24, 2.45) is 10.9 Å². The summed E-state index contributed by atoms with van der Waals surface area (Å²) >= 11 is 0. The lowest BCUT2D eigenvalue weighted by molar-refractivity contribution is -0.000276. The number of carbonyl (C=O) groups excluding carboxylic acids is 3. The second-order valence-corrected chi connectivity index (χ2v) is 8.49. The van der Waals surface area contributed by atoms with Crippen molar-refractivity contribution in [2.45, 2.75) is 66.2 Å². The molecule has 0 aliphatic heterocycles. The van der Waals surface area contributed by atoms with Gasteiger partial charge in [0.05, 0.1) is 13.2 Å². The topological polar surface area (TPSA) is 130 Å². The molecule has 0 unspecified atom stereocenters. The van der Waals surface area contributed by atoms with E-state index in [2.05, 4.69) is 14.7 Å². The molecule has 0 saturated heterocycles. The van der Waals surface area contributed by atoms with Gasteiger partial charge in [0.2, 0.25) is 0 Å². The third-order valence-electron chi connectivity index (χ3n) is 3.30. The molecule has 0 aliphatic carbocycles. The predicted octanol–water partition coefficient (Wildman–Crippen LogP) is 4.15. The van der Waals surface area contributed by atoms with E-state index < -0.39 is 29.5 Å². The number of hydrogen-bond donors (Lipinski definition) is 1. The van der Waals surface area contributed by atoms with Crippen molar-refractivity contribution in [3.8, 4) is 0 Å². The number of benzene rings is 1. The fraction of sp³-hybridized carbons (Fsp3) is 0.524. The molecular weight excluding hydrogens is 406 g/mol. The van der Waals surface area contributed by atoms with Gasteiger partial charge in [-0.05, 0) is 54.0 Å². The summed E-state index contributed by atoms with van der Waals surface area (Å²) < 4.78 is 15.2. The van der Waals surface area contributed by atoms with Crippen LogP contribution in [0.2, 0.25) is 0 Å². The van der Waals surface area contributed by atoms with Crippen molar-refractivity contribution in [2.75, 3.05) is 6.61 Å². The number of amides is 2. The minimum atomic E-state index is -0.965. The molecule has 0 spiro atoms. The van der Waals surface area contributed by atoms with Crippen molar-refractivity contribution < 1.29 is 33.4 Å². The van der Waals surface area contributed by atoms with E-state index in [-0.39, 0.29) is 19.0 Å². The molecule has 172 valence electrons. The fourth-order valence-electron chi connectivity index (χ4n) is 2.08. The van der Waals surface area contributed by atoms with Gasteiger partial charge >= 0.3 is 18.3 Å². The van der Waals surface area contributed by atoms with Gasteiger partial charge in [0.1, 0.15) is 11.2 Å². The van der Waals surface area contributed by atoms with Gasteiger partial charge in [0, 0.05) is 5.56 Å². The first kappa shape index (κ1) is 25.7. The van der Waals surface area contributed by atoms with E-state index >= 15 is 0 Å². The molecule has 0 atom stereocenters. The van der Waals surface area contributed by atoms with Gasteiger partial charge in [-0.1, -0.05) is 29.4 Å². The van der Waals surface area contributed by atoms with Crippen LogP contribution in [0, 0.1) is 0 Å². The smallest absolute Gasteiger partial charge is 0.443 e. The van der Waals surface area contributed by atoms with E-state index in [1.807, 2.05) is 0 Å². The lowest BCUT2D eigenvalue weighted by Gasteiger charge is -2.28.